The Morgan fingerprint density at radius 2 is 1.81 bits per heavy atom. The van der Waals surface area contributed by atoms with Crippen LogP contribution in [0.4, 0.5) is 10.1 Å². The predicted octanol–water partition coefficient (Wildman–Crippen LogP) is 2.84. The molecule has 1 fully saturated rings. The van der Waals surface area contributed by atoms with E-state index < -0.39 is 0 Å². The van der Waals surface area contributed by atoms with Gasteiger partial charge in [0.15, 0.2) is 5.78 Å². The van der Waals surface area contributed by atoms with Crippen molar-refractivity contribution in [1.29, 1.82) is 0 Å². The maximum Gasteiger partial charge on any atom is 0.223 e. The average Bonchev–Trinajstić information content (AvgIpc) is 2.69. The molecule has 136 valence electrons. The highest BCUT2D eigenvalue weighted by Crippen LogP contribution is 2.23. The molecular formula is C20H22FN3O2. The van der Waals surface area contributed by atoms with Gasteiger partial charge in [0, 0.05) is 56.5 Å². The van der Waals surface area contributed by atoms with Crippen molar-refractivity contribution in [3.63, 3.8) is 0 Å². The number of carbonyl (C=O) groups is 2. The number of nitrogens with zero attached hydrogens (tertiary/aromatic N) is 3. The van der Waals surface area contributed by atoms with Crippen LogP contribution in [0.15, 0.2) is 42.6 Å². The summed E-state index contributed by atoms with van der Waals surface area (Å²) in [5.74, 6) is -0.355. The first-order valence-corrected chi connectivity index (χ1v) is 8.78. The monoisotopic (exact) mass is 355 g/mol. The van der Waals surface area contributed by atoms with Crippen molar-refractivity contribution in [1.82, 2.24) is 9.88 Å². The smallest absolute Gasteiger partial charge is 0.223 e. The van der Waals surface area contributed by atoms with E-state index in [9.17, 15) is 14.0 Å². The van der Waals surface area contributed by atoms with Crippen LogP contribution in [0.2, 0.25) is 0 Å². The summed E-state index contributed by atoms with van der Waals surface area (Å²) >= 11 is 0. The molecule has 2 heterocycles. The van der Waals surface area contributed by atoms with Gasteiger partial charge in [-0.15, -0.1) is 0 Å². The molecule has 1 aliphatic heterocycles. The van der Waals surface area contributed by atoms with Gasteiger partial charge in [-0.1, -0.05) is 12.1 Å². The average molecular weight is 355 g/mol. The van der Waals surface area contributed by atoms with Gasteiger partial charge >= 0.3 is 0 Å². The van der Waals surface area contributed by atoms with Gasteiger partial charge in [-0.2, -0.15) is 0 Å². The summed E-state index contributed by atoms with van der Waals surface area (Å²) in [5, 5.41) is 0. The Balaban J connectivity index is 1.51. The van der Waals surface area contributed by atoms with Gasteiger partial charge in [-0.05, 0) is 31.2 Å². The minimum atomic E-state index is -0.214. The first-order valence-electron chi connectivity index (χ1n) is 8.78. The summed E-state index contributed by atoms with van der Waals surface area (Å²) in [6.45, 7) is 4.24. The Morgan fingerprint density at radius 3 is 2.50 bits per heavy atom. The van der Waals surface area contributed by atoms with Crippen molar-refractivity contribution >= 4 is 17.4 Å². The molecule has 6 heteroatoms. The molecule has 1 aromatic heterocycles. The molecule has 0 spiro atoms. The lowest BCUT2D eigenvalue weighted by atomic mass is 10.1. The largest absolute Gasteiger partial charge is 0.368 e. The molecule has 1 amide bonds. The topological polar surface area (TPSA) is 53.5 Å². The number of ketones is 1. The number of piperazine rings is 1. The van der Waals surface area contributed by atoms with E-state index in [-0.39, 0.29) is 30.3 Å². The number of benzene rings is 1. The van der Waals surface area contributed by atoms with Crippen molar-refractivity contribution in [2.24, 2.45) is 0 Å². The lowest BCUT2D eigenvalue weighted by Gasteiger charge is -2.36. The number of hydrogen-bond acceptors (Lipinski definition) is 4. The van der Waals surface area contributed by atoms with Crippen molar-refractivity contribution in [3.8, 4) is 0 Å². The van der Waals surface area contributed by atoms with Crippen LogP contribution in [0.3, 0.4) is 0 Å². The highest BCUT2D eigenvalue weighted by molar-refractivity contribution is 5.96. The van der Waals surface area contributed by atoms with Gasteiger partial charge in [0.25, 0.3) is 0 Å². The molecule has 0 radical (unpaired) electrons. The van der Waals surface area contributed by atoms with Gasteiger partial charge < -0.3 is 9.80 Å². The number of anilines is 1. The normalized spacial score (nSPS) is 14.4. The van der Waals surface area contributed by atoms with E-state index in [0.717, 1.165) is 5.69 Å². The van der Waals surface area contributed by atoms with Crippen molar-refractivity contribution in [2.75, 3.05) is 31.1 Å². The van der Waals surface area contributed by atoms with Gasteiger partial charge in [0.2, 0.25) is 5.91 Å². The van der Waals surface area contributed by atoms with E-state index in [0.29, 0.717) is 37.4 Å². The van der Waals surface area contributed by atoms with Crippen LogP contribution in [-0.2, 0) is 4.79 Å². The molecule has 0 unspecified atom stereocenters. The first kappa shape index (κ1) is 18.0. The molecule has 2 aromatic rings. The van der Waals surface area contributed by atoms with Gasteiger partial charge in [0.05, 0.1) is 0 Å². The Hall–Kier alpha value is -2.76. The summed E-state index contributed by atoms with van der Waals surface area (Å²) in [6, 6.07) is 10.2. The third-order valence-corrected chi connectivity index (χ3v) is 4.73. The molecule has 1 aromatic carbocycles. The zero-order chi connectivity index (χ0) is 18.5. The third-order valence-electron chi connectivity index (χ3n) is 4.73. The quantitative estimate of drug-likeness (QED) is 0.774. The summed E-state index contributed by atoms with van der Waals surface area (Å²) in [5.41, 5.74) is 1.90. The Morgan fingerprint density at radius 1 is 1.04 bits per heavy atom. The summed E-state index contributed by atoms with van der Waals surface area (Å²) < 4.78 is 13.7. The van der Waals surface area contributed by atoms with Gasteiger partial charge in [-0.25, -0.2) is 4.39 Å². The number of aromatic nitrogens is 1. The standard InChI is InChI=1S/C20H22FN3O2/c1-15-16(21)5-4-7-18(15)23-11-13-24(14-12-23)20(26)9-8-19(25)17-6-2-3-10-22-17/h2-7,10H,8-9,11-14H2,1H3. The number of hydrogen-bond donors (Lipinski definition) is 0. The van der Waals surface area contributed by atoms with Crippen LogP contribution in [-0.4, -0.2) is 47.8 Å². The van der Waals surface area contributed by atoms with Crippen molar-refractivity contribution in [3.05, 3.63) is 59.7 Å². The second-order valence-corrected chi connectivity index (χ2v) is 6.39. The summed E-state index contributed by atoms with van der Waals surface area (Å²) in [7, 11) is 0. The number of pyridine rings is 1. The molecule has 0 N–H and O–H groups in total. The van der Waals surface area contributed by atoms with Gasteiger partial charge in [0.1, 0.15) is 11.5 Å². The number of amides is 1. The number of Topliss-reactive ketones (excluding diaryl/α,β-unsaturated/α-hetero) is 1. The zero-order valence-corrected chi connectivity index (χ0v) is 14.8. The van der Waals surface area contributed by atoms with Crippen LogP contribution in [0.25, 0.3) is 0 Å². The Labute approximate surface area is 152 Å². The van der Waals surface area contributed by atoms with E-state index in [2.05, 4.69) is 9.88 Å². The SMILES string of the molecule is Cc1c(F)cccc1N1CCN(C(=O)CCC(=O)c2ccccn2)CC1. The fourth-order valence-corrected chi connectivity index (χ4v) is 3.17. The van der Waals surface area contributed by atoms with Crippen LogP contribution >= 0.6 is 0 Å². The number of halogens is 1. The van der Waals surface area contributed by atoms with Crippen LogP contribution in [0.5, 0.6) is 0 Å². The molecule has 0 atom stereocenters. The maximum absolute atomic E-state index is 13.7. The van der Waals surface area contributed by atoms with E-state index in [4.69, 9.17) is 0 Å². The number of rotatable bonds is 5. The summed E-state index contributed by atoms with van der Waals surface area (Å²) in [6.07, 6.45) is 1.93. The fourth-order valence-electron chi connectivity index (χ4n) is 3.17. The highest BCUT2D eigenvalue weighted by atomic mass is 19.1. The summed E-state index contributed by atoms with van der Waals surface area (Å²) in [4.78, 5) is 32.3. The van der Waals surface area contributed by atoms with Crippen molar-refractivity contribution < 1.29 is 14.0 Å². The molecule has 1 aliphatic rings. The second kappa shape index (κ2) is 8.08. The maximum atomic E-state index is 13.7. The van der Waals surface area contributed by atoms with Crippen LogP contribution < -0.4 is 4.90 Å². The molecule has 26 heavy (non-hydrogen) atoms. The Kier molecular flexibility index (Phi) is 5.61. The minimum Gasteiger partial charge on any atom is -0.368 e. The zero-order valence-electron chi connectivity index (χ0n) is 14.8. The first-order chi connectivity index (χ1) is 12.6. The third kappa shape index (κ3) is 4.07. The number of carbonyl (C=O) groups excluding carboxylic acids is 2. The fraction of sp³-hybridized carbons (Fsp3) is 0.350. The predicted molar refractivity (Wildman–Crippen MR) is 97.7 cm³/mol. The molecule has 5 nitrogen and oxygen atoms in total. The molecule has 3 rings (SSSR count). The van der Waals surface area contributed by atoms with E-state index >= 15 is 0 Å². The van der Waals surface area contributed by atoms with Crippen molar-refractivity contribution in [2.45, 2.75) is 19.8 Å². The molecule has 0 aliphatic carbocycles. The lowest BCUT2D eigenvalue weighted by Crippen LogP contribution is -2.49. The molecule has 1 saturated heterocycles. The van der Waals surface area contributed by atoms with Gasteiger partial charge in [-0.3, -0.25) is 14.6 Å². The van der Waals surface area contributed by atoms with E-state index in [1.165, 1.54) is 6.07 Å². The van der Waals surface area contributed by atoms with E-state index in [1.54, 1.807) is 42.3 Å². The molecule has 0 saturated carbocycles. The van der Waals surface area contributed by atoms with E-state index in [1.807, 2.05) is 6.07 Å². The minimum absolute atomic E-state index is 0.0232. The lowest BCUT2D eigenvalue weighted by molar-refractivity contribution is -0.131. The highest BCUT2D eigenvalue weighted by Gasteiger charge is 2.23. The molecule has 0 bridgehead atoms. The van der Waals surface area contributed by atoms with Crippen LogP contribution in [0.1, 0.15) is 28.9 Å². The molecular weight excluding hydrogens is 333 g/mol. The van der Waals surface area contributed by atoms with Crippen LogP contribution in [0, 0.1) is 12.7 Å². The Bertz CT molecular complexity index is 787. The second-order valence-electron chi connectivity index (χ2n) is 6.39.